The van der Waals surface area contributed by atoms with E-state index < -0.39 is 11.7 Å². The van der Waals surface area contributed by atoms with Crippen LogP contribution in [0.1, 0.15) is 23.0 Å². The Labute approximate surface area is 187 Å². The third-order valence-corrected chi connectivity index (χ3v) is 5.12. The Morgan fingerprint density at radius 1 is 1.09 bits per heavy atom. The monoisotopic (exact) mass is 444 g/mol. The van der Waals surface area contributed by atoms with E-state index in [4.69, 9.17) is 11.5 Å². The molecule has 33 heavy (non-hydrogen) atoms. The molecule has 0 aliphatic heterocycles. The number of aryl methyl sites for hydroxylation is 1. The molecule has 0 saturated heterocycles. The second kappa shape index (κ2) is 8.91. The van der Waals surface area contributed by atoms with Crippen molar-refractivity contribution >= 4 is 28.1 Å². The van der Waals surface area contributed by atoms with E-state index in [9.17, 15) is 14.0 Å². The molecule has 2 aromatic carbocycles. The average Bonchev–Trinajstić information content (AvgIpc) is 3.15. The van der Waals surface area contributed by atoms with Gasteiger partial charge in [0.05, 0.1) is 5.39 Å². The van der Waals surface area contributed by atoms with E-state index in [1.807, 2.05) is 43.3 Å². The maximum absolute atomic E-state index is 14.0. The summed E-state index contributed by atoms with van der Waals surface area (Å²) in [5.74, 6) is -0.989. The quantitative estimate of drug-likeness (QED) is 0.443. The van der Waals surface area contributed by atoms with Crippen molar-refractivity contribution in [2.75, 3.05) is 5.73 Å². The van der Waals surface area contributed by atoms with Crippen molar-refractivity contribution in [3.63, 3.8) is 0 Å². The molecule has 5 rings (SSSR count). The minimum Gasteiger partial charge on any atom is -0.381 e. The van der Waals surface area contributed by atoms with Gasteiger partial charge in [-0.2, -0.15) is 0 Å². The molecular formula is C24H21FN6O2. The van der Waals surface area contributed by atoms with Crippen LogP contribution in [0.25, 0.3) is 22.1 Å². The number of nitrogen functional groups attached to an aromatic ring is 1. The lowest BCUT2D eigenvalue weighted by Crippen LogP contribution is -2.22. The molecule has 1 amide bonds. The van der Waals surface area contributed by atoms with Gasteiger partial charge in [-0.1, -0.05) is 37.3 Å². The number of hydrogen-bond donors (Lipinski definition) is 2. The van der Waals surface area contributed by atoms with Crippen LogP contribution in [-0.4, -0.2) is 25.1 Å². The van der Waals surface area contributed by atoms with E-state index in [0.29, 0.717) is 17.5 Å². The van der Waals surface area contributed by atoms with Crippen LogP contribution < -0.4 is 17.0 Å². The molecule has 166 valence electrons. The van der Waals surface area contributed by atoms with E-state index in [0.717, 1.165) is 11.4 Å². The number of para-hydroxylation sites is 1. The van der Waals surface area contributed by atoms with Crippen LogP contribution in [0.5, 0.6) is 0 Å². The summed E-state index contributed by atoms with van der Waals surface area (Å²) in [6.45, 7) is 1.99. The molecule has 0 aliphatic rings. The van der Waals surface area contributed by atoms with E-state index >= 15 is 0 Å². The first-order chi connectivity index (χ1) is 15.9. The third kappa shape index (κ3) is 4.03. The summed E-state index contributed by atoms with van der Waals surface area (Å²) in [6.07, 6.45) is 3.89. The number of rotatable bonds is 3. The lowest BCUT2D eigenvalue weighted by Gasteiger charge is -2.13. The Morgan fingerprint density at radius 3 is 2.55 bits per heavy atom. The number of amides is 1. The number of hydrogen-bond acceptors (Lipinski definition) is 5. The van der Waals surface area contributed by atoms with Gasteiger partial charge in [0.25, 0.3) is 11.5 Å². The molecule has 0 fully saturated rings. The van der Waals surface area contributed by atoms with E-state index in [1.165, 1.54) is 10.6 Å². The second-order valence-electron chi connectivity index (χ2n) is 7.18. The third-order valence-electron chi connectivity index (χ3n) is 5.12. The van der Waals surface area contributed by atoms with Crippen LogP contribution in [0.3, 0.4) is 0 Å². The fraction of sp³-hybridized carbons (Fsp3) is 0.0833. The molecule has 0 radical (unpaired) electrons. The highest BCUT2D eigenvalue weighted by Gasteiger charge is 2.15. The summed E-state index contributed by atoms with van der Waals surface area (Å²) < 4.78 is 17.0. The van der Waals surface area contributed by atoms with Crippen LogP contribution in [0.2, 0.25) is 0 Å². The molecule has 3 aromatic heterocycles. The zero-order valence-corrected chi connectivity index (χ0v) is 17.8. The molecule has 5 aromatic rings. The molecule has 0 bridgehead atoms. The number of pyridine rings is 1. The first kappa shape index (κ1) is 21.7. The van der Waals surface area contributed by atoms with Gasteiger partial charge >= 0.3 is 0 Å². The highest BCUT2D eigenvalue weighted by molar-refractivity contribution is 6.03. The number of benzene rings is 2. The number of carbonyl (C=O) groups is 1. The van der Waals surface area contributed by atoms with Gasteiger partial charge in [0.2, 0.25) is 0 Å². The number of nitrogens with zero attached hydrogens (tertiary/aromatic N) is 4. The van der Waals surface area contributed by atoms with Gasteiger partial charge < -0.3 is 11.5 Å². The lowest BCUT2D eigenvalue weighted by atomic mass is 10.1. The minimum absolute atomic E-state index is 0.103. The largest absolute Gasteiger partial charge is 0.381 e. The molecular weight excluding hydrogens is 423 g/mol. The number of fused-ring (bicyclic) bond motifs is 2. The lowest BCUT2D eigenvalue weighted by molar-refractivity contribution is 0.100. The van der Waals surface area contributed by atoms with Gasteiger partial charge in [-0.3, -0.25) is 14.2 Å². The number of nitrogens with two attached hydrogens (primary N) is 2. The number of anilines is 1. The first-order valence-corrected chi connectivity index (χ1v) is 10.2. The van der Waals surface area contributed by atoms with Crippen molar-refractivity contribution in [2.45, 2.75) is 13.3 Å². The van der Waals surface area contributed by atoms with E-state index in [2.05, 4.69) is 10.1 Å². The Balaban J connectivity index is 0.000000172. The van der Waals surface area contributed by atoms with Gasteiger partial charge in [0, 0.05) is 23.8 Å². The van der Waals surface area contributed by atoms with Gasteiger partial charge in [0.15, 0.2) is 11.5 Å². The van der Waals surface area contributed by atoms with Gasteiger partial charge in [-0.15, -0.1) is 5.10 Å². The standard InChI is InChI=1S/C17H14FNO.C7H7N5O/c1-2-13-11-12-7-6-10-15(18)16(12)17(20)19(13)14-8-4-3-5-9-14;8-5-4(6(9)13)7-10-2-1-3-12(7)11-5/h3-11H,2H2,1H3;1-3H,(H2,8,11)(H2,9,13). The maximum atomic E-state index is 14.0. The topological polar surface area (TPSA) is 121 Å². The summed E-state index contributed by atoms with van der Waals surface area (Å²) in [4.78, 5) is 27.5. The van der Waals surface area contributed by atoms with Crippen molar-refractivity contribution in [3.05, 3.63) is 100 Å². The molecule has 0 atom stereocenters. The van der Waals surface area contributed by atoms with Crippen LogP contribution >= 0.6 is 0 Å². The van der Waals surface area contributed by atoms with Crippen molar-refractivity contribution in [2.24, 2.45) is 5.73 Å². The zero-order chi connectivity index (χ0) is 23.5. The fourth-order valence-electron chi connectivity index (χ4n) is 3.63. The van der Waals surface area contributed by atoms with Crippen LogP contribution in [-0.2, 0) is 6.42 Å². The highest BCUT2D eigenvalue weighted by Crippen LogP contribution is 2.19. The average molecular weight is 444 g/mol. The molecule has 0 saturated carbocycles. The van der Waals surface area contributed by atoms with E-state index in [1.54, 1.807) is 35.2 Å². The molecule has 0 unspecified atom stereocenters. The summed E-state index contributed by atoms with van der Waals surface area (Å²) in [5.41, 5.74) is 12.5. The maximum Gasteiger partial charge on any atom is 0.266 e. The molecule has 0 spiro atoms. The summed E-state index contributed by atoms with van der Waals surface area (Å²) in [6, 6.07) is 17.6. The highest BCUT2D eigenvalue weighted by atomic mass is 19.1. The minimum atomic E-state index is -0.619. The predicted molar refractivity (Wildman–Crippen MR) is 125 cm³/mol. The van der Waals surface area contributed by atoms with Crippen molar-refractivity contribution in [3.8, 4) is 5.69 Å². The van der Waals surface area contributed by atoms with Crippen LogP contribution in [0, 0.1) is 5.82 Å². The number of halogens is 1. The fourth-order valence-corrected chi connectivity index (χ4v) is 3.63. The Kier molecular flexibility index (Phi) is 5.86. The Hall–Kier alpha value is -4.53. The van der Waals surface area contributed by atoms with Crippen LogP contribution in [0.15, 0.2) is 77.9 Å². The molecule has 3 heterocycles. The molecule has 8 nitrogen and oxygen atoms in total. The number of primary amides is 1. The van der Waals surface area contributed by atoms with Gasteiger partial charge in [-0.05, 0) is 42.1 Å². The summed E-state index contributed by atoms with van der Waals surface area (Å²) >= 11 is 0. The van der Waals surface area contributed by atoms with Crippen molar-refractivity contribution in [1.29, 1.82) is 0 Å². The Bertz CT molecular complexity index is 1530. The normalized spacial score (nSPS) is 10.7. The summed E-state index contributed by atoms with van der Waals surface area (Å²) in [5, 5.41) is 4.66. The summed E-state index contributed by atoms with van der Waals surface area (Å²) in [7, 11) is 0. The van der Waals surface area contributed by atoms with Crippen LogP contribution in [0.4, 0.5) is 10.2 Å². The first-order valence-electron chi connectivity index (χ1n) is 10.2. The smallest absolute Gasteiger partial charge is 0.266 e. The van der Waals surface area contributed by atoms with E-state index in [-0.39, 0.29) is 22.3 Å². The molecule has 9 heteroatoms. The zero-order valence-electron chi connectivity index (χ0n) is 17.8. The second-order valence-corrected chi connectivity index (χ2v) is 7.18. The Morgan fingerprint density at radius 2 is 1.85 bits per heavy atom. The van der Waals surface area contributed by atoms with Crippen molar-refractivity contribution < 1.29 is 9.18 Å². The predicted octanol–water partition coefficient (Wildman–Crippen LogP) is 3.10. The number of aromatic nitrogens is 4. The molecule has 0 aliphatic carbocycles. The van der Waals surface area contributed by atoms with Gasteiger partial charge in [-0.25, -0.2) is 13.9 Å². The molecule has 4 N–H and O–H groups in total. The van der Waals surface area contributed by atoms with Gasteiger partial charge in [0.1, 0.15) is 11.4 Å². The number of carbonyl (C=O) groups excluding carboxylic acids is 1. The van der Waals surface area contributed by atoms with Crippen molar-refractivity contribution in [1.82, 2.24) is 19.2 Å². The SMILES string of the molecule is CCc1cc2cccc(F)c2c(=O)n1-c1ccccc1.NC(=O)c1c(N)nn2cccnc12.